The van der Waals surface area contributed by atoms with Gasteiger partial charge in [-0.25, -0.2) is 0 Å². The van der Waals surface area contributed by atoms with Crippen LogP contribution in [0, 0.1) is 0 Å². The van der Waals surface area contributed by atoms with E-state index in [0.29, 0.717) is 6.42 Å². The second kappa shape index (κ2) is 6.79. The molecule has 0 radical (unpaired) electrons. The molecule has 2 aliphatic heterocycles. The number of rotatable bonds is 4. The van der Waals surface area contributed by atoms with E-state index in [2.05, 4.69) is 41.4 Å². The molecule has 28 heavy (non-hydrogen) atoms. The van der Waals surface area contributed by atoms with E-state index in [1.54, 1.807) is 7.11 Å². The third-order valence-electron chi connectivity index (χ3n) is 5.90. The average Bonchev–Trinajstić information content (AvgIpc) is 3.18. The minimum absolute atomic E-state index is 0.127. The Bertz CT molecular complexity index is 1030. The molecule has 2 aliphatic rings. The number of benzene rings is 2. The molecule has 0 spiro atoms. The van der Waals surface area contributed by atoms with Crippen molar-refractivity contribution in [1.29, 1.82) is 0 Å². The predicted molar refractivity (Wildman–Crippen MR) is 109 cm³/mol. The summed E-state index contributed by atoms with van der Waals surface area (Å²) in [5.74, 6) is 1.25. The summed E-state index contributed by atoms with van der Waals surface area (Å²) >= 11 is 0. The van der Waals surface area contributed by atoms with Gasteiger partial charge in [0, 0.05) is 31.3 Å². The maximum atomic E-state index is 12.3. The lowest BCUT2D eigenvalue weighted by Crippen LogP contribution is -2.32. The van der Waals surface area contributed by atoms with E-state index in [9.17, 15) is 4.79 Å². The van der Waals surface area contributed by atoms with Crippen molar-refractivity contribution in [2.75, 3.05) is 18.6 Å². The number of hydrogen-bond acceptors (Lipinski definition) is 3. The van der Waals surface area contributed by atoms with Gasteiger partial charge in [0.05, 0.1) is 12.8 Å². The van der Waals surface area contributed by atoms with Crippen LogP contribution in [-0.4, -0.2) is 24.5 Å². The molecule has 0 N–H and O–H groups in total. The quantitative estimate of drug-likeness (QED) is 0.694. The van der Waals surface area contributed by atoms with Crippen molar-refractivity contribution >= 4 is 11.6 Å². The van der Waals surface area contributed by atoms with E-state index in [4.69, 9.17) is 4.74 Å². The van der Waals surface area contributed by atoms with Gasteiger partial charge in [-0.1, -0.05) is 24.3 Å². The van der Waals surface area contributed by atoms with Gasteiger partial charge in [-0.05, 0) is 64.9 Å². The summed E-state index contributed by atoms with van der Waals surface area (Å²) in [5.41, 5.74) is 7.49. The third kappa shape index (κ3) is 2.76. The number of carbonyl (C=O) groups is 1. The first-order valence-electron chi connectivity index (χ1n) is 9.74. The summed E-state index contributed by atoms with van der Waals surface area (Å²) in [6.07, 6.45) is 6.08. The number of nitrogens with zero attached hydrogens (tertiary/aromatic N) is 2. The predicted octanol–water partition coefficient (Wildman–Crippen LogP) is 4.11. The highest BCUT2D eigenvalue weighted by molar-refractivity contribution is 5.98. The summed E-state index contributed by atoms with van der Waals surface area (Å²) in [6, 6.07) is 17.1. The van der Waals surface area contributed by atoms with Crippen molar-refractivity contribution in [3.63, 3.8) is 0 Å². The van der Waals surface area contributed by atoms with Crippen molar-refractivity contribution < 1.29 is 9.53 Å². The first-order valence-corrected chi connectivity index (χ1v) is 9.74. The standard InChI is InChI=1S/C24H22N2O2/c1-28-21-5-2-16(3-6-21)23(17-8-11-25-12-9-17)20-14-18-4-7-22(27)26-13-10-19(15-20)24(18)26/h2-3,5-6,8-9,11-12,14-15,23H,4,7,10,13H2,1H3/t23-/m0/s1. The number of methoxy groups -OCH3 is 1. The largest absolute Gasteiger partial charge is 0.497 e. The molecule has 0 aliphatic carbocycles. The van der Waals surface area contributed by atoms with Crippen molar-refractivity contribution in [1.82, 2.24) is 4.98 Å². The van der Waals surface area contributed by atoms with Gasteiger partial charge in [-0.2, -0.15) is 0 Å². The fraction of sp³-hybridized carbons (Fsp3) is 0.250. The molecule has 4 heteroatoms. The van der Waals surface area contributed by atoms with Gasteiger partial charge in [0.1, 0.15) is 5.75 Å². The van der Waals surface area contributed by atoms with Gasteiger partial charge in [-0.3, -0.25) is 9.78 Å². The molecule has 0 bridgehead atoms. The van der Waals surface area contributed by atoms with Crippen LogP contribution in [0.4, 0.5) is 5.69 Å². The SMILES string of the molecule is COc1ccc([C@@H](c2ccncc2)c2cc3c4c(c2)CCN4C(=O)CC3)cc1. The Labute approximate surface area is 164 Å². The van der Waals surface area contributed by atoms with Gasteiger partial charge in [-0.15, -0.1) is 0 Å². The zero-order valence-electron chi connectivity index (χ0n) is 15.9. The van der Waals surface area contributed by atoms with Crippen molar-refractivity contribution in [2.24, 2.45) is 0 Å². The van der Waals surface area contributed by atoms with Crippen LogP contribution in [0.1, 0.15) is 40.2 Å². The van der Waals surface area contributed by atoms with Crippen LogP contribution in [0.5, 0.6) is 5.75 Å². The zero-order chi connectivity index (χ0) is 19.1. The van der Waals surface area contributed by atoms with Crippen LogP contribution in [0.2, 0.25) is 0 Å². The van der Waals surface area contributed by atoms with E-state index in [1.165, 1.54) is 33.5 Å². The molecule has 0 unspecified atom stereocenters. The van der Waals surface area contributed by atoms with E-state index >= 15 is 0 Å². The molecule has 0 saturated heterocycles. The summed E-state index contributed by atoms with van der Waals surface area (Å²) in [6.45, 7) is 0.813. The van der Waals surface area contributed by atoms with Gasteiger partial charge < -0.3 is 9.64 Å². The lowest BCUT2D eigenvalue weighted by molar-refractivity contribution is -0.118. The number of aryl methyl sites for hydroxylation is 1. The van der Waals surface area contributed by atoms with E-state index in [-0.39, 0.29) is 11.8 Å². The maximum absolute atomic E-state index is 12.3. The molecule has 5 rings (SSSR count). The van der Waals surface area contributed by atoms with Gasteiger partial charge in [0.2, 0.25) is 5.91 Å². The highest BCUT2D eigenvalue weighted by Gasteiger charge is 2.32. The summed E-state index contributed by atoms with van der Waals surface area (Å²) < 4.78 is 5.34. The fourth-order valence-corrected chi connectivity index (χ4v) is 4.58. The molecule has 0 saturated carbocycles. The van der Waals surface area contributed by atoms with Crippen molar-refractivity contribution in [2.45, 2.75) is 25.2 Å². The second-order valence-electron chi connectivity index (χ2n) is 7.47. The molecule has 2 aromatic carbocycles. The molecule has 3 heterocycles. The number of ether oxygens (including phenoxy) is 1. The highest BCUT2D eigenvalue weighted by atomic mass is 16.5. The highest BCUT2D eigenvalue weighted by Crippen LogP contribution is 2.41. The lowest BCUT2D eigenvalue weighted by Gasteiger charge is -2.27. The van der Waals surface area contributed by atoms with E-state index < -0.39 is 0 Å². The summed E-state index contributed by atoms with van der Waals surface area (Å²) in [4.78, 5) is 18.4. The minimum Gasteiger partial charge on any atom is -0.497 e. The number of amides is 1. The minimum atomic E-state index is 0.127. The fourth-order valence-electron chi connectivity index (χ4n) is 4.58. The number of pyridine rings is 1. The number of anilines is 1. The third-order valence-corrected chi connectivity index (χ3v) is 5.90. The Morgan fingerprint density at radius 3 is 2.29 bits per heavy atom. The Morgan fingerprint density at radius 2 is 1.57 bits per heavy atom. The number of hydrogen-bond donors (Lipinski definition) is 0. The normalized spacial score (nSPS) is 16.0. The molecule has 4 nitrogen and oxygen atoms in total. The van der Waals surface area contributed by atoms with E-state index in [1.807, 2.05) is 29.4 Å². The van der Waals surface area contributed by atoms with Crippen LogP contribution in [0.3, 0.4) is 0 Å². The molecule has 140 valence electrons. The first kappa shape index (κ1) is 17.0. The van der Waals surface area contributed by atoms with Gasteiger partial charge >= 0.3 is 0 Å². The maximum Gasteiger partial charge on any atom is 0.227 e. The molecule has 1 amide bonds. The van der Waals surface area contributed by atoms with Crippen LogP contribution < -0.4 is 9.64 Å². The Morgan fingerprint density at radius 1 is 0.893 bits per heavy atom. The van der Waals surface area contributed by atoms with E-state index in [0.717, 1.165) is 25.1 Å². The van der Waals surface area contributed by atoms with Crippen molar-refractivity contribution in [3.05, 3.63) is 88.7 Å². The summed E-state index contributed by atoms with van der Waals surface area (Å²) in [7, 11) is 1.69. The second-order valence-corrected chi connectivity index (χ2v) is 7.47. The molecule has 0 fully saturated rings. The molecule has 1 aromatic heterocycles. The zero-order valence-corrected chi connectivity index (χ0v) is 15.9. The Hall–Kier alpha value is -3.14. The Kier molecular flexibility index (Phi) is 4.12. The first-order chi connectivity index (χ1) is 13.7. The number of carbonyl (C=O) groups excluding carboxylic acids is 1. The smallest absolute Gasteiger partial charge is 0.227 e. The number of aromatic nitrogens is 1. The van der Waals surface area contributed by atoms with Crippen LogP contribution in [0.25, 0.3) is 0 Å². The topological polar surface area (TPSA) is 42.4 Å². The summed E-state index contributed by atoms with van der Waals surface area (Å²) in [5, 5.41) is 0. The molecular weight excluding hydrogens is 348 g/mol. The van der Waals surface area contributed by atoms with Gasteiger partial charge in [0.25, 0.3) is 0 Å². The van der Waals surface area contributed by atoms with Crippen molar-refractivity contribution in [3.8, 4) is 5.75 Å². The average molecular weight is 370 g/mol. The van der Waals surface area contributed by atoms with Crippen LogP contribution >= 0.6 is 0 Å². The monoisotopic (exact) mass is 370 g/mol. The Balaban J connectivity index is 1.65. The lowest BCUT2D eigenvalue weighted by atomic mass is 9.83. The van der Waals surface area contributed by atoms with Crippen LogP contribution in [-0.2, 0) is 17.6 Å². The molecule has 1 atom stereocenters. The molecule has 3 aromatic rings. The van der Waals surface area contributed by atoms with Gasteiger partial charge in [0.15, 0.2) is 0 Å². The molecular formula is C24H22N2O2. The van der Waals surface area contributed by atoms with Crippen LogP contribution in [0.15, 0.2) is 60.9 Å².